The summed E-state index contributed by atoms with van der Waals surface area (Å²) in [5.74, 6) is 0.699. The smallest absolute Gasteiger partial charge is 0.160 e. The fourth-order valence-electron chi connectivity index (χ4n) is 8.04. The molecule has 0 aliphatic heterocycles. The van der Waals surface area contributed by atoms with E-state index in [1.165, 1.54) is 68.2 Å². The Morgan fingerprint density at radius 1 is 0.286 bits per heavy atom. The van der Waals surface area contributed by atoms with Gasteiger partial charge in [0.25, 0.3) is 0 Å². The van der Waals surface area contributed by atoms with Gasteiger partial charge in [0.15, 0.2) is 5.82 Å². The van der Waals surface area contributed by atoms with Gasteiger partial charge in [-0.2, -0.15) is 0 Å². The Balaban J connectivity index is 1.05. The first kappa shape index (κ1) is 32.7. The van der Waals surface area contributed by atoms with Crippen LogP contribution in [-0.2, 0) is 0 Å². The van der Waals surface area contributed by atoms with Crippen molar-refractivity contribution in [3.05, 3.63) is 194 Å². The lowest BCUT2D eigenvalue weighted by atomic mass is 9.96. The molecule has 262 valence electrons. The molecule has 0 amide bonds. The van der Waals surface area contributed by atoms with Crippen LogP contribution in [0.3, 0.4) is 0 Å². The van der Waals surface area contributed by atoms with Gasteiger partial charge in [0, 0.05) is 57.0 Å². The zero-order valence-electron chi connectivity index (χ0n) is 30.2. The molecule has 3 aromatic heterocycles. The van der Waals surface area contributed by atoms with E-state index in [0.29, 0.717) is 5.82 Å². The molecule has 11 aromatic rings. The maximum absolute atomic E-state index is 5.29. The molecule has 0 aliphatic carbocycles. The van der Waals surface area contributed by atoms with Gasteiger partial charge in [-0.25, -0.2) is 9.97 Å². The number of aromatic nitrogens is 2. The number of thiophene rings is 2. The third-order valence-corrected chi connectivity index (χ3v) is 13.0. The van der Waals surface area contributed by atoms with E-state index in [2.05, 4.69) is 194 Å². The summed E-state index contributed by atoms with van der Waals surface area (Å²) in [6.45, 7) is 0. The van der Waals surface area contributed by atoms with Crippen LogP contribution in [0.1, 0.15) is 0 Å². The molecule has 11 rings (SSSR count). The Labute approximate surface area is 332 Å². The van der Waals surface area contributed by atoms with Gasteiger partial charge in [-0.05, 0) is 75.8 Å². The van der Waals surface area contributed by atoms with Crippen LogP contribution in [0.5, 0.6) is 0 Å². The fraction of sp³-hybridized carbons (Fsp3) is 0. The van der Waals surface area contributed by atoms with E-state index in [4.69, 9.17) is 9.97 Å². The van der Waals surface area contributed by atoms with Gasteiger partial charge in [-0.3, -0.25) is 0 Å². The number of nitrogens with zero attached hydrogens (tertiary/aromatic N) is 2. The Kier molecular flexibility index (Phi) is 7.90. The lowest BCUT2D eigenvalue weighted by Gasteiger charge is -2.12. The van der Waals surface area contributed by atoms with Crippen molar-refractivity contribution in [2.24, 2.45) is 0 Å². The monoisotopic (exact) mass is 748 g/mol. The van der Waals surface area contributed by atoms with Crippen molar-refractivity contribution >= 4 is 63.0 Å². The lowest BCUT2D eigenvalue weighted by molar-refractivity contribution is 1.18. The fourth-order valence-corrected chi connectivity index (χ4v) is 10.3. The van der Waals surface area contributed by atoms with Crippen molar-refractivity contribution in [3.63, 3.8) is 0 Å². The minimum absolute atomic E-state index is 0.699. The van der Waals surface area contributed by atoms with E-state index in [1.807, 2.05) is 22.7 Å². The highest BCUT2D eigenvalue weighted by Gasteiger charge is 2.16. The van der Waals surface area contributed by atoms with E-state index in [9.17, 15) is 0 Å². The largest absolute Gasteiger partial charge is 0.228 e. The second-order valence-corrected chi connectivity index (χ2v) is 16.3. The Bertz CT molecular complexity index is 3250. The Morgan fingerprint density at radius 3 is 1.36 bits per heavy atom. The molecular weight excluding hydrogens is 717 g/mol. The molecule has 0 unspecified atom stereocenters. The molecule has 0 saturated carbocycles. The van der Waals surface area contributed by atoms with Crippen LogP contribution in [-0.4, -0.2) is 9.97 Å². The van der Waals surface area contributed by atoms with Crippen molar-refractivity contribution in [2.45, 2.75) is 0 Å². The molecule has 0 radical (unpaired) electrons. The van der Waals surface area contributed by atoms with Crippen LogP contribution in [0.2, 0.25) is 0 Å². The van der Waals surface area contributed by atoms with Gasteiger partial charge in [-0.15, -0.1) is 22.7 Å². The number of fused-ring (bicyclic) bond motifs is 6. The standard InChI is InChI=1S/C52H32N2S2/c1-2-12-33(13-3-1)36-14-8-16-38(30-36)44-32-45(39-17-9-15-37(31-39)41-21-11-25-49-51(41)43-19-5-7-23-47(43)56-49)54-52(53-44)35-28-26-34(27-29-35)40-20-10-24-48-50(40)42-18-4-6-22-46(42)55-48/h1-32H. The number of hydrogen-bond acceptors (Lipinski definition) is 4. The molecule has 0 saturated heterocycles. The quantitative estimate of drug-likeness (QED) is 0.169. The van der Waals surface area contributed by atoms with Crippen LogP contribution < -0.4 is 0 Å². The number of rotatable bonds is 6. The molecule has 4 heteroatoms. The summed E-state index contributed by atoms with van der Waals surface area (Å²) in [4.78, 5) is 10.6. The summed E-state index contributed by atoms with van der Waals surface area (Å²) in [6.07, 6.45) is 0. The molecule has 0 bridgehead atoms. The third-order valence-electron chi connectivity index (χ3n) is 10.7. The molecule has 0 N–H and O–H groups in total. The normalized spacial score (nSPS) is 11.6. The summed E-state index contributed by atoms with van der Waals surface area (Å²) >= 11 is 3.70. The SMILES string of the molecule is c1ccc(-c2cccc(-c3cc(-c4cccc(-c5cccc6sc7ccccc7c56)c4)nc(-c4ccc(-c5cccc6sc7ccccc7c56)cc4)n3)c2)cc1. The van der Waals surface area contributed by atoms with Crippen molar-refractivity contribution in [1.29, 1.82) is 0 Å². The van der Waals surface area contributed by atoms with Gasteiger partial charge in [0.05, 0.1) is 11.4 Å². The highest BCUT2D eigenvalue weighted by Crippen LogP contribution is 2.42. The second-order valence-electron chi connectivity index (χ2n) is 14.1. The summed E-state index contributed by atoms with van der Waals surface area (Å²) in [7, 11) is 0. The minimum Gasteiger partial charge on any atom is -0.228 e. The van der Waals surface area contributed by atoms with E-state index < -0.39 is 0 Å². The highest BCUT2D eigenvalue weighted by atomic mass is 32.1. The van der Waals surface area contributed by atoms with Crippen LogP contribution >= 0.6 is 22.7 Å². The first-order chi connectivity index (χ1) is 27.7. The third kappa shape index (κ3) is 5.70. The van der Waals surface area contributed by atoms with Crippen LogP contribution in [0.4, 0.5) is 0 Å². The lowest BCUT2D eigenvalue weighted by Crippen LogP contribution is -1.96. The first-order valence-corrected chi connectivity index (χ1v) is 20.4. The average molecular weight is 749 g/mol. The van der Waals surface area contributed by atoms with Crippen molar-refractivity contribution in [2.75, 3.05) is 0 Å². The van der Waals surface area contributed by atoms with Crippen molar-refractivity contribution in [3.8, 4) is 67.3 Å². The second kappa shape index (κ2) is 13.5. The zero-order chi connectivity index (χ0) is 37.0. The average Bonchev–Trinajstić information content (AvgIpc) is 3.86. The van der Waals surface area contributed by atoms with Crippen LogP contribution in [0.25, 0.3) is 108 Å². The van der Waals surface area contributed by atoms with Gasteiger partial charge < -0.3 is 0 Å². The molecule has 56 heavy (non-hydrogen) atoms. The predicted molar refractivity (Wildman–Crippen MR) is 240 cm³/mol. The highest BCUT2D eigenvalue weighted by molar-refractivity contribution is 7.26. The van der Waals surface area contributed by atoms with Gasteiger partial charge in [0.1, 0.15) is 0 Å². The predicted octanol–water partition coefficient (Wildman–Crippen LogP) is 15.2. The van der Waals surface area contributed by atoms with E-state index in [1.54, 1.807) is 0 Å². The van der Waals surface area contributed by atoms with Crippen LogP contribution in [0.15, 0.2) is 194 Å². The maximum Gasteiger partial charge on any atom is 0.160 e. The zero-order valence-corrected chi connectivity index (χ0v) is 31.8. The molecule has 0 atom stereocenters. The Morgan fingerprint density at radius 2 is 0.732 bits per heavy atom. The maximum atomic E-state index is 5.29. The molecule has 8 aromatic carbocycles. The summed E-state index contributed by atoms with van der Waals surface area (Å²) < 4.78 is 5.22. The molecular formula is C52H32N2S2. The molecule has 2 nitrogen and oxygen atoms in total. The van der Waals surface area contributed by atoms with E-state index >= 15 is 0 Å². The number of benzene rings is 8. The van der Waals surface area contributed by atoms with E-state index in [-0.39, 0.29) is 0 Å². The number of hydrogen-bond donors (Lipinski definition) is 0. The topological polar surface area (TPSA) is 25.8 Å². The van der Waals surface area contributed by atoms with Crippen molar-refractivity contribution < 1.29 is 0 Å². The van der Waals surface area contributed by atoms with Crippen LogP contribution in [0, 0.1) is 0 Å². The summed E-state index contributed by atoms with van der Waals surface area (Å²) in [5, 5.41) is 5.21. The van der Waals surface area contributed by atoms with Gasteiger partial charge in [-0.1, -0.05) is 152 Å². The van der Waals surface area contributed by atoms with E-state index in [0.717, 1.165) is 33.6 Å². The minimum atomic E-state index is 0.699. The Hall–Kier alpha value is -6.72. The summed E-state index contributed by atoms with van der Waals surface area (Å²) in [6, 6.07) is 69.6. The molecule has 3 heterocycles. The molecule has 0 aliphatic rings. The molecule has 0 spiro atoms. The molecule has 0 fully saturated rings. The summed E-state index contributed by atoms with van der Waals surface area (Å²) in [5.41, 5.74) is 12.0. The van der Waals surface area contributed by atoms with Gasteiger partial charge in [0.2, 0.25) is 0 Å². The van der Waals surface area contributed by atoms with Crippen molar-refractivity contribution in [1.82, 2.24) is 9.97 Å². The first-order valence-electron chi connectivity index (χ1n) is 18.8. The van der Waals surface area contributed by atoms with Gasteiger partial charge >= 0.3 is 0 Å².